The van der Waals surface area contributed by atoms with E-state index in [0.717, 1.165) is 10.7 Å². The average Bonchev–Trinajstić information content (AvgIpc) is 3.02. The number of hydrogen-bond donors (Lipinski definition) is 2. The van der Waals surface area contributed by atoms with E-state index in [9.17, 15) is 0 Å². The van der Waals surface area contributed by atoms with Crippen molar-refractivity contribution in [1.82, 2.24) is 29.9 Å². The molecule has 4 aromatic heterocycles. The van der Waals surface area contributed by atoms with Gasteiger partial charge in [0.25, 0.3) is 0 Å². The molecule has 0 aromatic carbocycles. The highest BCUT2D eigenvalue weighted by Gasteiger charge is 2.12. The molecule has 4 heterocycles. The number of H-pyrrole nitrogens is 1. The fourth-order valence-corrected chi connectivity index (χ4v) is 2.55. The van der Waals surface area contributed by atoms with Crippen molar-refractivity contribution in [3.63, 3.8) is 0 Å². The van der Waals surface area contributed by atoms with Gasteiger partial charge in [0.2, 0.25) is 0 Å². The lowest BCUT2D eigenvalue weighted by atomic mass is 10.2. The van der Waals surface area contributed by atoms with Crippen molar-refractivity contribution in [2.45, 2.75) is 6.54 Å². The molecular formula is C16H11Cl2N7. The fourth-order valence-electron chi connectivity index (χ4n) is 2.26. The van der Waals surface area contributed by atoms with Crippen LogP contribution in [0.2, 0.25) is 11.5 Å². The van der Waals surface area contributed by atoms with Gasteiger partial charge >= 0.3 is 0 Å². The molecule has 0 amide bonds. The summed E-state index contributed by atoms with van der Waals surface area (Å²) in [4.78, 5) is 22.5. The molecule has 0 spiro atoms. The molecule has 0 aliphatic heterocycles. The molecule has 25 heavy (non-hydrogen) atoms. The molecule has 0 aliphatic rings. The van der Waals surface area contributed by atoms with Gasteiger partial charge in [-0.25, -0.2) is 15.0 Å². The van der Waals surface area contributed by atoms with Gasteiger partial charge in [-0.2, -0.15) is 0 Å². The summed E-state index contributed by atoms with van der Waals surface area (Å²) in [5.74, 6) is 0.890. The minimum absolute atomic E-state index is 0.376. The van der Waals surface area contributed by atoms with Crippen LogP contribution in [0.1, 0.15) is 5.69 Å². The van der Waals surface area contributed by atoms with Crippen LogP contribution >= 0.6 is 23.2 Å². The van der Waals surface area contributed by atoms with Gasteiger partial charge < -0.3 is 10.3 Å². The number of pyridine rings is 2. The average molecular weight is 373 g/mol. The highest BCUT2D eigenvalue weighted by atomic mass is 35.5. The predicted octanol–water partition coefficient (Wildman–Crippen LogP) is 3.73. The van der Waals surface area contributed by atoms with E-state index < -0.39 is 0 Å². The minimum Gasteiger partial charge on any atom is -0.362 e. The third-order valence-electron chi connectivity index (χ3n) is 3.42. The molecule has 0 atom stereocenters. The zero-order chi connectivity index (χ0) is 18.1. The number of nitrogens with one attached hydrogen (secondary N) is 2. The van der Waals surface area contributed by atoms with E-state index in [1.54, 1.807) is 24.5 Å². The van der Waals surface area contributed by atoms with Gasteiger partial charge in [0.1, 0.15) is 5.52 Å². The summed E-state index contributed by atoms with van der Waals surface area (Å²) in [6, 6.07) is 5.30. The maximum atomic E-state index is 7.93. The number of hydrogen-bond acceptors (Lipinski definition) is 6. The Labute approximate surface area is 154 Å². The highest BCUT2D eigenvalue weighted by molar-refractivity contribution is 6.30. The van der Waals surface area contributed by atoms with Crippen molar-refractivity contribution in [3.8, 4) is 11.4 Å². The van der Waals surface area contributed by atoms with Gasteiger partial charge in [-0.05, 0) is 18.2 Å². The van der Waals surface area contributed by atoms with Gasteiger partial charge in [0, 0.05) is 24.2 Å². The van der Waals surface area contributed by atoms with E-state index in [2.05, 4.69) is 30.2 Å². The van der Waals surface area contributed by atoms with E-state index in [1.807, 2.05) is 6.07 Å². The molecule has 0 unspecified atom stereocenters. The first kappa shape index (κ1) is 14.6. The lowest BCUT2D eigenvalue weighted by Crippen LogP contribution is -2.05. The van der Waals surface area contributed by atoms with Gasteiger partial charge in [0.15, 0.2) is 18.7 Å². The number of nitrogens with zero attached hydrogens (tertiary/aromatic N) is 5. The van der Waals surface area contributed by atoms with Crippen LogP contribution in [-0.2, 0) is 6.54 Å². The molecule has 9 heteroatoms. The van der Waals surface area contributed by atoms with E-state index in [1.165, 1.54) is 12.5 Å². The largest absolute Gasteiger partial charge is 0.362 e. The quantitative estimate of drug-likeness (QED) is 0.566. The summed E-state index contributed by atoms with van der Waals surface area (Å²) in [5.41, 5.74) is 2.31. The summed E-state index contributed by atoms with van der Waals surface area (Å²) in [6.07, 6.45) is 6.09. The standard InChI is InChI=1S/C16H11Cl2N7/c17-10-1-2-12(20-6-10)7-21-15-13-16(23-8-22-13)25-14(24-15)9-3-11(18)5-19-4-9/h1-6,8H,7H2,(H2,21,22,23,24,25)/i/hD. The van der Waals surface area contributed by atoms with Gasteiger partial charge in [-0.15, -0.1) is 0 Å². The number of imidazole rings is 1. The molecule has 4 rings (SSSR count). The zero-order valence-electron chi connectivity index (χ0n) is 13.7. The van der Waals surface area contributed by atoms with Crippen molar-refractivity contribution in [2.24, 2.45) is 0 Å². The van der Waals surface area contributed by atoms with Gasteiger partial charge in [-0.3, -0.25) is 9.97 Å². The minimum atomic E-state index is 0.376. The smallest absolute Gasteiger partial charge is 0.169 e. The molecule has 0 radical (unpaired) electrons. The molecule has 0 saturated carbocycles. The first-order valence-electron chi connectivity index (χ1n) is 7.74. The second kappa shape index (κ2) is 6.62. The van der Waals surface area contributed by atoms with Gasteiger partial charge in [0.05, 0.1) is 28.6 Å². The van der Waals surface area contributed by atoms with Crippen molar-refractivity contribution >= 4 is 40.2 Å². The van der Waals surface area contributed by atoms with Crippen molar-refractivity contribution in [1.29, 1.82) is 0 Å². The number of aromatic nitrogens is 6. The molecule has 2 N–H and O–H groups in total. The highest BCUT2D eigenvalue weighted by Crippen LogP contribution is 2.24. The van der Waals surface area contributed by atoms with Crippen LogP contribution in [0.3, 0.4) is 0 Å². The Kier molecular flexibility index (Phi) is 3.86. The van der Waals surface area contributed by atoms with Gasteiger partial charge in [-0.1, -0.05) is 23.2 Å². The normalized spacial score (nSPS) is 11.5. The van der Waals surface area contributed by atoms with Crippen LogP contribution < -0.4 is 5.32 Å². The molecular weight excluding hydrogens is 361 g/mol. The number of halogens is 2. The maximum Gasteiger partial charge on any atom is 0.169 e. The first-order chi connectivity index (χ1) is 12.6. The predicted molar refractivity (Wildman–Crippen MR) is 96.5 cm³/mol. The summed E-state index contributed by atoms with van der Waals surface area (Å²) in [5, 5.41) is 4.24. The van der Waals surface area contributed by atoms with E-state index in [0.29, 0.717) is 45.0 Å². The fraction of sp³-hybridized carbons (Fsp3) is 0.0625. The summed E-state index contributed by atoms with van der Waals surface area (Å²) in [7, 11) is 0. The second-order valence-corrected chi connectivity index (χ2v) is 6.03. The molecule has 0 aliphatic carbocycles. The molecule has 0 saturated heterocycles. The van der Waals surface area contributed by atoms with E-state index in [4.69, 9.17) is 24.6 Å². The Morgan fingerprint density at radius 1 is 1.08 bits per heavy atom. The summed E-state index contributed by atoms with van der Waals surface area (Å²) < 4.78 is 7.93. The maximum absolute atomic E-state index is 7.93. The number of anilines is 1. The lowest BCUT2D eigenvalue weighted by Gasteiger charge is -2.08. The molecule has 4 aromatic rings. The van der Waals surface area contributed by atoms with Crippen LogP contribution in [0.25, 0.3) is 22.6 Å². The second-order valence-electron chi connectivity index (χ2n) is 5.15. The van der Waals surface area contributed by atoms with E-state index >= 15 is 0 Å². The number of rotatable bonds is 4. The molecule has 7 nitrogen and oxygen atoms in total. The zero-order valence-corrected chi connectivity index (χ0v) is 14.2. The first-order valence-corrected chi connectivity index (χ1v) is 8.05. The van der Waals surface area contributed by atoms with Crippen molar-refractivity contribution < 1.29 is 1.41 Å². The molecule has 124 valence electrons. The van der Waals surface area contributed by atoms with Crippen molar-refractivity contribution in [3.05, 3.63) is 58.9 Å². The van der Waals surface area contributed by atoms with Crippen LogP contribution in [-0.4, -0.2) is 29.9 Å². The Morgan fingerprint density at radius 2 is 2.00 bits per heavy atom. The number of aromatic amines is 1. The third kappa shape index (κ3) is 3.38. The topological polar surface area (TPSA) is 92.3 Å². The van der Waals surface area contributed by atoms with Crippen LogP contribution in [0.5, 0.6) is 0 Å². The van der Waals surface area contributed by atoms with Crippen LogP contribution in [0.15, 0.2) is 43.1 Å². The SMILES string of the molecule is [2H]n1cnc2c(NCc3ccc(Cl)cn3)nc(-c3cncc(Cl)c3)nc21. The van der Waals surface area contributed by atoms with Crippen molar-refractivity contribution in [2.75, 3.05) is 5.32 Å². The number of fused-ring (bicyclic) bond motifs is 1. The summed E-state index contributed by atoms with van der Waals surface area (Å²) >= 11 is 11.9. The van der Waals surface area contributed by atoms with E-state index in [-0.39, 0.29) is 0 Å². The molecule has 0 bridgehead atoms. The van der Waals surface area contributed by atoms with Crippen LogP contribution in [0, 0.1) is 0 Å². The summed E-state index contributed by atoms with van der Waals surface area (Å²) in [6.45, 7) is 0.418. The lowest BCUT2D eigenvalue weighted by molar-refractivity contribution is 1.03. The Balaban J connectivity index is 1.74. The van der Waals surface area contributed by atoms with Crippen LogP contribution in [0.4, 0.5) is 5.82 Å². The Bertz CT molecular complexity index is 1080. The third-order valence-corrected chi connectivity index (χ3v) is 3.85. The monoisotopic (exact) mass is 372 g/mol. The Hall–Kier alpha value is -2.77. The molecule has 0 fully saturated rings. The Morgan fingerprint density at radius 3 is 2.80 bits per heavy atom.